The second-order valence-electron chi connectivity index (χ2n) is 7.69. The summed E-state index contributed by atoms with van der Waals surface area (Å²) in [6.07, 6.45) is -0.0658. The first-order chi connectivity index (χ1) is 13.6. The van der Waals surface area contributed by atoms with Crippen molar-refractivity contribution < 1.29 is 28.7 Å². The van der Waals surface area contributed by atoms with E-state index >= 15 is 0 Å². The van der Waals surface area contributed by atoms with E-state index in [4.69, 9.17) is 14.2 Å². The van der Waals surface area contributed by atoms with Gasteiger partial charge in [0.2, 0.25) is 5.91 Å². The van der Waals surface area contributed by atoms with Crippen LogP contribution in [0.25, 0.3) is 0 Å². The van der Waals surface area contributed by atoms with Crippen molar-refractivity contribution in [3.63, 3.8) is 0 Å². The Morgan fingerprint density at radius 1 is 1.34 bits per heavy atom. The Kier molecular flexibility index (Phi) is 7.32. The minimum absolute atomic E-state index is 0.0642. The second kappa shape index (κ2) is 9.32. The lowest BCUT2D eigenvalue weighted by atomic mass is 9.79. The molecule has 1 heterocycles. The summed E-state index contributed by atoms with van der Waals surface area (Å²) < 4.78 is 16.3. The maximum absolute atomic E-state index is 12.9. The molecule has 0 radical (unpaired) electrons. The lowest BCUT2D eigenvalue weighted by Crippen LogP contribution is -2.37. The van der Waals surface area contributed by atoms with Gasteiger partial charge in [-0.2, -0.15) is 0 Å². The third-order valence-electron chi connectivity index (χ3n) is 5.17. The van der Waals surface area contributed by atoms with Crippen LogP contribution in [0.15, 0.2) is 18.2 Å². The van der Waals surface area contributed by atoms with Crippen molar-refractivity contribution in [3.8, 4) is 5.75 Å². The fourth-order valence-electron chi connectivity index (χ4n) is 3.30. The van der Waals surface area contributed by atoms with Gasteiger partial charge in [0.05, 0.1) is 29.1 Å². The standard InChI is InChI=1S/C20H28N2O7/c1-6-20(3,12-13(2)17(23)21(4)5)19(24)29-14-7-8-16(22(25)26)15(11-14)18-27-9-10-28-18/h7-8,11,13,18H,6,9-10,12H2,1-5H3. The van der Waals surface area contributed by atoms with Crippen LogP contribution in [0.4, 0.5) is 5.69 Å². The van der Waals surface area contributed by atoms with Crippen molar-refractivity contribution in [3.05, 3.63) is 33.9 Å². The molecule has 0 N–H and O–H groups in total. The third-order valence-corrected chi connectivity index (χ3v) is 5.17. The first kappa shape index (κ1) is 22.8. The number of nitro benzene ring substituents is 1. The summed E-state index contributed by atoms with van der Waals surface area (Å²) >= 11 is 0. The van der Waals surface area contributed by atoms with E-state index in [0.29, 0.717) is 26.1 Å². The zero-order chi connectivity index (χ0) is 21.8. The fraction of sp³-hybridized carbons (Fsp3) is 0.600. The molecule has 9 heteroatoms. The molecule has 0 bridgehead atoms. The lowest BCUT2D eigenvalue weighted by Gasteiger charge is -2.29. The molecule has 1 aromatic rings. The highest BCUT2D eigenvalue weighted by molar-refractivity contribution is 5.82. The predicted octanol–water partition coefficient (Wildman–Crippen LogP) is 3.08. The first-order valence-electron chi connectivity index (χ1n) is 9.54. The molecule has 2 atom stereocenters. The maximum Gasteiger partial charge on any atom is 0.317 e. The lowest BCUT2D eigenvalue weighted by molar-refractivity contribution is -0.386. The Hall–Kier alpha value is -2.52. The average molecular weight is 408 g/mol. The van der Waals surface area contributed by atoms with Crippen molar-refractivity contribution in [2.45, 2.75) is 39.9 Å². The van der Waals surface area contributed by atoms with Crippen molar-refractivity contribution in [2.75, 3.05) is 27.3 Å². The SMILES string of the molecule is CCC(C)(CC(C)C(=O)N(C)C)C(=O)Oc1ccc([N+](=O)[O-])c(C2OCCO2)c1. The first-order valence-corrected chi connectivity index (χ1v) is 9.54. The van der Waals surface area contributed by atoms with Crippen LogP contribution in [0.1, 0.15) is 45.5 Å². The van der Waals surface area contributed by atoms with Gasteiger partial charge in [-0.3, -0.25) is 19.7 Å². The van der Waals surface area contributed by atoms with E-state index < -0.39 is 22.6 Å². The van der Waals surface area contributed by atoms with E-state index in [-0.39, 0.29) is 28.8 Å². The van der Waals surface area contributed by atoms with Gasteiger partial charge in [0.1, 0.15) is 5.75 Å². The molecule has 2 rings (SSSR count). The number of rotatable bonds is 8. The van der Waals surface area contributed by atoms with E-state index in [1.165, 1.54) is 23.1 Å². The molecule has 9 nitrogen and oxygen atoms in total. The summed E-state index contributed by atoms with van der Waals surface area (Å²) in [5, 5.41) is 11.3. The van der Waals surface area contributed by atoms with E-state index in [0.717, 1.165) is 0 Å². The summed E-state index contributed by atoms with van der Waals surface area (Å²) in [5.41, 5.74) is -0.847. The Morgan fingerprint density at radius 2 is 1.97 bits per heavy atom. The molecule has 160 valence electrons. The highest BCUT2D eigenvalue weighted by atomic mass is 16.7. The minimum Gasteiger partial charge on any atom is -0.426 e. The van der Waals surface area contributed by atoms with Gasteiger partial charge in [0, 0.05) is 26.1 Å². The average Bonchev–Trinajstić information content (AvgIpc) is 3.21. The van der Waals surface area contributed by atoms with Crippen molar-refractivity contribution in [2.24, 2.45) is 11.3 Å². The van der Waals surface area contributed by atoms with Gasteiger partial charge in [0.15, 0.2) is 6.29 Å². The van der Waals surface area contributed by atoms with E-state index in [1.807, 2.05) is 6.92 Å². The number of hydrogen-bond donors (Lipinski definition) is 0. The van der Waals surface area contributed by atoms with Gasteiger partial charge in [-0.05, 0) is 31.9 Å². The Bertz CT molecular complexity index is 774. The van der Waals surface area contributed by atoms with Crippen LogP contribution in [0.5, 0.6) is 5.75 Å². The quantitative estimate of drug-likeness (QED) is 0.281. The van der Waals surface area contributed by atoms with Crippen LogP contribution in [0.2, 0.25) is 0 Å². The molecular weight excluding hydrogens is 380 g/mol. The van der Waals surface area contributed by atoms with Gasteiger partial charge in [-0.1, -0.05) is 13.8 Å². The highest BCUT2D eigenvalue weighted by Gasteiger charge is 2.37. The molecule has 0 saturated carbocycles. The topological polar surface area (TPSA) is 108 Å². The summed E-state index contributed by atoms with van der Waals surface area (Å²) in [7, 11) is 3.35. The van der Waals surface area contributed by atoms with Crippen LogP contribution in [-0.2, 0) is 19.1 Å². The molecule has 1 aliphatic rings. The van der Waals surface area contributed by atoms with E-state index in [2.05, 4.69) is 0 Å². The molecule has 1 aromatic carbocycles. The van der Waals surface area contributed by atoms with Gasteiger partial charge >= 0.3 is 5.97 Å². The third kappa shape index (κ3) is 5.30. The number of carbonyl (C=O) groups is 2. The van der Waals surface area contributed by atoms with Gasteiger partial charge < -0.3 is 19.1 Å². The Labute approximate surface area is 170 Å². The zero-order valence-corrected chi connectivity index (χ0v) is 17.5. The molecule has 1 amide bonds. The number of ether oxygens (including phenoxy) is 3. The number of esters is 1. The molecule has 1 fully saturated rings. The van der Waals surface area contributed by atoms with Crippen LogP contribution in [-0.4, -0.2) is 49.0 Å². The monoisotopic (exact) mass is 408 g/mol. The number of carbonyl (C=O) groups excluding carboxylic acids is 2. The minimum atomic E-state index is -0.882. The normalized spacial score (nSPS) is 17.4. The van der Waals surface area contributed by atoms with Crippen LogP contribution < -0.4 is 4.74 Å². The Balaban J connectivity index is 2.22. The Morgan fingerprint density at radius 3 is 2.48 bits per heavy atom. The molecular formula is C20H28N2O7. The second-order valence-corrected chi connectivity index (χ2v) is 7.69. The summed E-state index contributed by atoms with van der Waals surface area (Å²) in [5.74, 6) is -0.742. The number of nitro groups is 1. The van der Waals surface area contributed by atoms with Gasteiger partial charge in [0.25, 0.3) is 5.69 Å². The van der Waals surface area contributed by atoms with Crippen molar-refractivity contribution in [1.29, 1.82) is 0 Å². The number of amides is 1. The van der Waals surface area contributed by atoms with Crippen LogP contribution >= 0.6 is 0 Å². The zero-order valence-electron chi connectivity index (χ0n) is 17.5. The molecule has 0 aromatic heterocycles. The van der Waals surface area contributed by atoms with Crippen molar-refractivity contribution in [1.82, 2.24) is 4.90 Å². The molecule has 1 aliphatic heterocycles. The molecule has 1 saturated heterocycles. The van der Waals surface area contributed by atoms with Gasteiger partial charge in [-0.25, -0.2) is 0 Å². The largest absolute Gasteiger partial charge is 0.426 e. The molecule has 0 aliphatic carbocycles. The maximum atomic E-state index is 12.9. The molecule has 0 spiro atoms. The fourth-order valence-corrected chi connectivity index (χ4v) is 3.30. The van der Waals surface area contributed by atoms with Gasteiger partial charge in [-0.15, -0.1) is 0 Å². The van der Waals surface area contributed by atoms with Crippen LogP contribution in [0, 0.1) is 21.4 Å². The highest BCUT2D eigenvalue weighted by Crippen LogP contribution is 2.36. The van der Waals surface area contributed by atoms with Crippen LogP contribution in [0.3, 0.4) is 0 Å². The number of nitrogens with zero attached hydrogens (tertiary/aromatic N) is 2. The predicted molar refractivity (Wildman–Crippen MR) is 104 cm³/mol. The number of hydrogen-bond acceptors (Lipinski definition) is 7. The number of benzene rings is 1. The summed E-state index contributed by atoms with van der Waals surface area (Å²) in [4.78, 5) is 37.4. The summed E-state index contributed by atoms with van der Waals surface area (Å²) in [6, 6.07) is 4.04. The van der Waals surface area contributed by atoms with E-state index in [1.54, 1.807) is 27.9 Å². The smallest absolute Gasteiger partial charge is 0.317 e. The van der Waals surface area contributed by atoms with Crippen molar-refractivity contribution >= 4 is 17.6 Å². The van der Waals surface area contributed by atoms with E-state index in [9.17, 15) is 19.7 Å². The molecule has 29 heavy (non-hydrogen) atoms. The molecule has 2 unspecified atom stereocenters. The summed E-state index contributed by atoms with van der Waals surface area (Å²) in [6.45, 7) is 6.05.